The maximum atomic E-state index is 12.3. The van der Waals surface area contributed by atoms with Crippen molar-refractivity contribution in [1.29, 1.82) is 0 Å². The molecule has 0 spiro atoms. The fourth-order valence-corrected chi connectivity index (χ4v) is 3.72. The summed E-state index contributed by atoms with van der Waals surface area (Å²) in [5, 5.41) is 0. The molecule has 0 amide bonds. The first-order chi connectivity index (χ1) is 9.60. The summed E-state index contributed by atoms with van der Waals surface area (Å²) in [6.07, 6.45) is 1.01. The van der Waals surface area contributed by atoms with Crippen LogP contribution in [0.15, 0.2) is 57.9 Å². The summed E-state index contributed by atoms with van der Waals surface area (Å²) in [6, 6.07) is 15.6. The number of rotatable bonds is 5. The summed E-state index contributed by atoms with van der Waals surface area (Å²) >= 11 is 3.39. The van der Waals surface area contributed by atoms with Crippen LogP contribution in [0, 0.1) is 0 Å². The second-order valence-corrected chi connectivity index (χ2v) is 7.08. The van der Waals surface area contributed by atoms with Gasteiger partial charge in [-0.1, -0.05) is 53.2 Å². The minimum atomic E-state index is -1.09. The van der Waals surface area contributed by atoms with E-state index in [0.717, 1.165) is 21.4 Å². The predicted octanol–water partition coefficient (Wildman–Crippen LogP) is 3.82. The molecule has 2 rings (SSSR count). The zero-order valence-corrected chi connectivity index (χ0v) is 13.8. The van der Waals surface area contributed by atoms with Crippen molar-refractivity contribution in [2.45, 2.75) is 24.3 Å². The first-order valence-electron chi connectivity index (χ1n) is 6.58. The van der Waals surface area contributed by atoms with E-state index in [1.165, 1.54) is 5.56 Å². The average molecular weight is 352 g/mol. The van der Waals surface area contributed by atoms with Gasteiger partial charge in [-0.3, -0.25) is 4.21 Å². The standard InChI is InChI=1S/C16H18BrNOS/c1-2-12-6-8-13(9-7-12)16(18)11-20(19)15-5-3-4-14(17)10-15/h3-10,16H,2,11,18H2,1H3. The van der Waals surface area contributed by atoms with E-state index in [2.05, 4.69) is 35.0 Å². The van der Waals surface area contributed by atoms with Crippen molar-refractivity contribution in [3.05, 3.63) is 64.1 Å². The van der Waals surface area contributed by atoms with Gasteiger partial charge >= 0.3 is 0 Å². The van der Waals surface area contributed by atoms with Crippen molar-refractivity contribution in [2.24, 2.45) is 5.73 Å². The lowest BCUT2D eigenvalue weighted by Gasteiger charge is -2.12. The topological polar surface area (TPSA) is 43.1 Å². The molecule has 0 aromatic heterocycles. The molecule has 2 aromatic carbocycles. The summed E-state index contributed by atoms with van der Waals surface area (Å²) in [4.78, 5) is 0.806. The van der Waals surface area contributed by atoms with E-state index in [0.29, 0.717) is 5.75 Å². The van der Waals surface area contributed by atoms with Crippen molar-refractivity contribution < 1.29 is 4.21 Å². The summed E-state index contributed by atoms with van der Waals surface area (Å²) in [5.41, 5.74) is 8.48. The highest BCUT2D eigenvalue weighted by atomic mass is 79.9. The Hall–Kier alpha value is -0.970. The van der Waals surface area contributed by atoms with Crippen LogP contribution in [0.1, 0.15) is 24.1 Å². The average Bonchev–Trinajstić information content (AvgIpc) is 2.47. The maximum absolute atomic E-state index is 12.3. The Labute approximate surface area is 131 Å². The molecule has 0 fully saturated rings. The van der Waals surface area contributed by atoms with Crippen LogP contribution < -0.4 is 5.73 Å². The minimum Gasteiger partial charge on any atom is -0.323 e. The van der Waals surface area contributed by atoms with E-state index in [-0.39, 0.29) is 6.04 Å². The lowest BCUT2D eigenvalue weighted by atomic mass is 10.1. The van der Waals surface area contributed by atoms with Crippen LogP contribution in [0.4, 0.5) is 0 Å². The molecule has 0 aliphatic rings. The molecular formula is C16H18BrNOS. The molecule has 2 N–H and O–H groups in total. The zero-order chi connectivity index (χ0) is 14.5. The molecule has 0 aliphatic heterocycles. The van der Waals surface area contributed by atoms with E-state index >= 15 is 0 Å². The Bertz CT molecular complexity index is 598. The second-order valence-electron chi connectivity index (χ2n) is 4.67. The van der Waals surface area contributed by atoms with Crippen LogP contribution in [-0.4, -0.2) is 9.96 Å². The molecule has 20 heavy (non-hydrogen) atoms. The van der Waals surface area contributed by atoms with Crippen LogP contribution >= 0.6 is 15.9 Å². The number of nitrogens with two attached hydrogens (primary N) is 1. The molecule has 0 saturated carbocycles. The van der Waals surface area contributed by atoms with Crippen LogP contribution in [0.25, 0.3) is 0 Å². The van der Waals surface area contributed by atoms with E-state index < -0.39 is 10.8 Å². The van der Waals surface area contributed by atoms with Gasteiger partial charge in [0.05, 0.1) is 10.8 Å². The monoisotopic (exact) mass is 351 g/mol. The highest BCUT2D eigenvalue weighted by molar-refractivity contribution is 9.10. The molecule has 0 aliphatic carbocycles. The van der Waals surface area contributed by atoms with Gasteiger partial charge in [0.1, 0.15) is 0 Å². The van der Waals surface area contributed by atoms with Gasteiger partial charge in [-0.2, -0.15) is 0 Å². The SMILES string of the molecule is CCc1ccc(C(N)CS(=O)c2cccc(Br)c2)cc1. The highest BCUT2D eigenvalue weighted by Gasteiger charge is 2.12. The van der Waals surface area contributed by atoms with Gasteiger partial charge in [0, 0.05) is 21.2 Å². The van der Waals surface area contributed by atoms with Crippen molar-refractivity contribution >= 4 is 26.7 Å². The zero-order valence-electron chi connectivity index (χ0n) is 11.4. The van der Waals surface area contributed by atoms with Crippen LogP contribution in [0.3, 0.4) is 0 Å². The van der Waals surface area contributed by atoms with E-state index in [4.69, 9.17) is 5.73 Å². The van der Waals surface area contributed by atoms with Gasteiger partial charge in [0.15, 0.2) is 0 Å². The molecule has 0 bridgehead atoms. The Morgan fingerprint density at radius 2 is 1.90 bits per heavy atom. The largest absolute Gasteiger partial charge is 0.323 e. The third-order valence-corrected chi connectivity index (χ3v) is 5.14. The first-order valence-corrected chi connectivity index (χ1v) is 8.69. The minimum absolute atomic E-state index is 0.208. The summed E-state index contributed by atoms with van der Waals surface area (Å²) in [5.74, 6) is 0.432. The third-order valence-electron chi connectivity index (χ3n) is 3.21. The smallest absolute Gasteiger partial charge is 0.0549 e. The van der Waals surface area contributed by atoms with Gasteiger partial charge in [-0.15, -0.1) is 0 Å². The fraction of sp³-hybridized carbons (Fsp3) is 0.250. The molecule has 0 heterocycles. The van der Waals surface area contributed by atoms with E-state index in [1.54, 1.807) is 0 Å². The molecule has 106 valence electrons. The van der Waals surface area contributed by atoms with Gasteiger partial charge in [0.25, 0.3) is 0 Å². The second kappa shape index (κ2) is 7.16. The number of hydrogen-bond acceptors (Lipinski definition) is 2. The molecule has 2 nitrogen and oxygen atoms in total. The molecule has 2 atom stereocenters. The molecule has 2 unspecified atom stereocenters. The Morgan fingerprint density at radius 3 is 2.50 bits per heavy atom. The van der Waals surface area contributed by atoms with Crippen molar-refractivity contribution in [2.75, 3.05) is 5.75 Å². The van der Waals surface area contributed by atoms with Crippen molar-refractivity contribution in [3.63, 3.8) is 0 Å². The highest BCUT2D eigenvalue weighted by Crippen LogP contribution is 2.19. The Balaban J connectivity index is 2.06. The summed E-state index contributed by atoms with van der Waals surface area (Å²) in [6.45, 7) is 2.12. The Morgan fingerprint density at radius 1 is 1.20 bits per heavy atom. The molecule has 4 heteroatoms. The number of aryl methyl sites for hydroxylation is 1. The molecule has 0 saturated heterocycles. The van der Waals surface area contributed by atoms with Gasteiger partial charge < -0.3 is 5.73 Å². The molecule has 0 radical (unpaired) electrons. The molecule has 2 aromatic rings. The van der Waals surface area contributed by atoms with Crippen LogP contribution in [0.5, 0.6) is 0 Å². The number of halogens is 1. The van der Waals surface area contributed by atoms with Crippen LogP contribution in [0.2, 0.25) is 0 Å². The van der Waals surface area contributed by atoms with Crippen molar-refractivity contribution in [3.8, 4) is 0 Å². The number of benzene rings is 2. The third kappa shape index (κ3) is 4.01. The first kappa shape index (κ1) is 15.4. The Kier molecular flexibility index (Phi) is 5.52. The quantitative estimate of drug-likeness (QED) is 0.889. The van der Waals surface area contributed by atoms with E-state index in [9.17, 15) is 4.21 Å². The van der Waals surface area contributed by atoms with Gasteiger partial charge in [0.2, 0.25) is 0 Å². The lowest BCUT2D eigenvalue weighted by molar-refractivity contribution is 0.675. The summed E-state index contributed by atoms with van der Waals surface area (Å²) in [7, 11) is -1.09. The molecular weight excluding hydrogens is 334 g/mol. The van der Waals surface area contributed by atoms with E-state index in [1.807, 2.05) is 36.4 Å². The van der Waals surface area contributed by atoms with Gasteiger partial charge in [-0.25, -0.2) is 0 Å². The summed E-state index contributed by atoms with van der Waals surface area (Å²) < 4.78 is 13.2. The number of hydrogen-bond donors (Lipinski definition) is 1. The van der Waals surface area contributed by atoms with Crippen molar-refractivity contribution in [1.82, 2.24) is 0 Å². The normalized spacial score (nSPS) is 13.9. The predicted molar refractivity (Wildman–Crippen MR) is 88.2 cm³/mol. The van der Waals surface area contributed by atoms with Gasteiger partial charge in [-0.05, 0) is 35.7 Å². The van der Waals surface area contributed by atoms with Crippen LogP contribution in [-0.2, 0) is 17.2 Å². The fourth-order valence-electron chi connectivity index (χ4n) is 1.96. The maximum Gasteiger partial charge on any atom is 0.0549 e. The lowest BCUT2D eigenvalue weighted by Crippen LogP contribution is -2.18.